The van der Waals surface area contributed by atoms with Crippen molar-refractivity contribution in [2.45, 2.75) is 32.5 Å². The molecule has 0 amide bonds. The number of nitrogens with two attached hydrogens (primary N) is 1. The predicted molar refractivity (Wildman–Crippen MR) is 62.8 cm³/mol. The van der Waals surface area contributed by atoms with E-state index in [0.29, 0.717) is 5.56 Å². The van der Waals surface area contributed by atoms with E-state index in [-0.39, 0.29) is 17.0 Å². The average molecular weight is 266 g/mol. The molecule has 0 fully saturated rings. The minimum Gasteiger partial charge on any atom is -0.324 e. The van der Waals surface area contributed by atoms with E-state index < -0.39 is 11.7 Å². The molecule has 1 rings (SSSR count). The maximum Gasteiger partial charge on any atom is 0.417 e. The van der Waals surface area contributed by atoms with Crippen molar-refractivity contribution in [3.63, 3.8) is 0 Å². The van der Waals surface area contributed by atoms with Gasteiger partial charge in [-0.2, -0.15) is 13.2 Å². The Kier molecular flexibility index (Phi) is 4.44. The molecule has 0 aliphatic carbocycles. The SMILES string of the molecule is CCC(C)[C@@H](N)c1ccc(C(F)(F)F)c(Cl)c1. The minimum absolute atomic E-state index is 0.197. The van der Waals surface area contributed by atoms with E-state index in [9.17, 15) is 13.2 Å². The molecular formula is C12H15ClF3N. The third-order valence-electron chi connectivity index (χ3n) is 2.94. The fourth-order valence-electron chi connectivity index (χ4n) is 1.55. The van der Waals surface area contributed by atoms with Gasteiger partial charge in [0.2, 0.25) is 0 Å². The van der Waals surface area contributed by atoms with Crippen molar-refractivity contribution < 1.29 is 13.2 Å². The maximum absolute atomic E-state index is 12.5. The summed E-state index contributed by atoms with van der Waals surface area (Å²) in [5.41, 5.74) is 5.75. The zero-order chi connectivity index (χ0) is 13.2. The molecule has 2 N–H and O–H groups in total. The summed E-state index contributed by atoms with van der Waals surface area (Å²) in [6.07, 6.45) is -3.56. The van der Waals surface area contributed by atoms with Gasteiger partial charge in [0.05, 0.1) is 10.6 Å². The second-order valence-corrected chi connectivity index (χ2v) is 4.56. The first-order chi connectivity index (χ1) is 7.77. The highest BCUT2D eigenvalue weighted by atomic mass is 35.5. The Morgan fingerprint density at radius 3 is 2.35 bits per heavy atom. The number of hydrogen-bond donors (Lipinski definition) is 1. The molecule has 2 atom stereocenters. The first kappa shape index (κ1) is 14.3. The first-order valence-electron chi connectivity index (χ1n) is 5.39. The maximum atomic E-state index is 12.5. The predicted octanol–water partition coefficient (Wildman–Crippen LogP) is 4.40. The van der Waals surface area contributed by atoms with Crippen molar-refractivity contribution in [1.82, 2.24) is 0 Å². The molecule has 0 saturated heterocycles. The quantitative estimate of drug-likeness (QED) is 0.861. The van der Waals surface area contributed by atoms with Crippen LogP contribution in [0.5, 0.6) is 0 Å². The second kappa shape index (κ2) is 5.27. The summed E-state index contributed by atoms with van der Waals surface area (Å²) in [5.74, 6) is 0.197. The van der Waals surface area contributed by atoms with E-state index in [4.69, 9.17) is 17.3 Å². The van der Waals surface area contributed by atoms with E-state index in [1.807, 2.05) is 13.8 Å². The summed E-state index contributed by atoms with van der Waals surface area (Å²) in [7, 11) is 0. The minimum atomic E-state index is -4.42. The normalized spacial score (nSPS) is 15.7. The number of hydrogen-bond acceptors (Lipinski definition) is 1. The second-order valence-electron chi connectivity index (χ2n) is 4.15. The molecule has 1 unspecified atom stereocenters. The largest absolute Gasteiger partial charge is 0.417 e. The number of alkyl halides is 3. The fraction of sp³-hybridized carbons (Fsp3) is 0.500. The summed E-state index contributed by atoms with van der Waals surface area (Å²) >= 11 is 5.63. The summed E-state index contributed by atoms with van der Waals surface area (Å²) in [5, 5.41) is -0.297. The highest BCUT2D eigenvalue weighted by Gasteiger charge is 2.33. The summed E-state index contributed by atoms with van der Waals surface area (Å²) in [6.45, 7) is 3.94. The van der Waals surface area contributed by atoms with Crippen molar-refractivity contribution in [3.8, 4) is 0 Å². The lowest BCUT2D eigenvalue weighted by molar-refractivity contribution is -0.137. The lowest BCUT2D eigenvalue weighted by Gasteiger charge is -2.20. The number of halogens is 4. The Labute approximate surface area is 104 Å². The van der Waals surface area contributed by atoms with Crippen LogP contribution in [0.1, 0.15) is 37.4 Å². The molecule has 1 aromatic carbocycles. The van der Waals surface area contributed by atoms with Crippen LogP contribution in [-0.4, -0.2) is 0 Å². The molecule has 0 spiro atoms. The van der Waals surface area contributed by atoms with Gasteiger partial charge in [0.1, 0.15) is 0 Å². The highest BCUT2D eigenvalue weighted by molar-refractivity contribution is 6.31. The summed E-state index contributed by atoms with van der Waals surface area (Å²) in [4.78, 5) is 0. The van der Waals surface area contributed by atoms with Crippen molar-refractivity contribution in [3.05, 3.63) is 34.3 Å². The summed E-state index contributed by atoms with van der Waals surface area (Å²) < 4.78 is 37.5. The van der Waals surface area contributed by atoms with Gasteiger partial charge in [0, 0.05) is 6.04 Å². The van der Waals surface area contributed by atoms with Gasteiger partial charge in [-0.05, 0) is 23.6 Å². The van der Waals surface area contributed by atoms with Crippen LogP contribution >= 0.6 is 11.6 Å². The van der Waals surface area contributed by atoms with E-state index >= 15 is 0 Å². The number of rotatable bonds is 3. The highest BCUT2D eigenvalue weighted by Crippen LogP contribution is 2.36. The molecule has 0 aliphatic heterocycles. The molecule has 0 heterocycles. The van der Waals surface area contributed by atoms with E-state index in [0.717, 1.165) is 12.5 Å². The molecule has 17 heavy (non-hydrogen) atoms. The van der Waals surface area contributed by atoms with Gasteiger partial charge in [0.25, 0.3) is 0 Å². The van der Waals surface area contributed by atoms with Crippen LogP contribution in [0.3, 0.4) is 0 Å². The van der Waals surface area contributed by atoms with Crippen molar-refractivity contribution in [2.24, 2.45) is 11.7 Å². The Hall–Kier alpha value is -0.740. The van der Waals surface area contributed by atoms with Crippen molar-refractivity contribution in [1.29, 1.82) is 0 Å². The van der Waals surface area contributed by atoms with Crippen LogP contribution in [0, 0.1) is 5.92 Å². The van der Waals surface area contributed by atoms with E-state index in [2.05, 4.69) is 0 Å². The van der Waals surface area contributed by atoms with Gasteiger partial charge in [0.15, 0.2) is 0 Å². The third kappa shape index (κ3) is 3.36. The first-order valence-corrected chi connectivity index (χ1v) is 5.77. The molecule has 1 nitrogen and oxygen atoms in total. The topological polar surface area (TPSA) is 26.0 Å². The van der Waals surface area contributed by atoms with Crippen LogP contribution in [-0.2, 0) is 6.18 Å². The van der Waals surface area contributed by atoms with Gasteiger partial charge in [-0.25, -0.2) is 0 Å². The van der Waals surface area contributed by atoms with Crippen LogP contribution < -0.4 is 5.73 Å². The Morgan fingerprint density at radius 2 is 1.94 bits per heavy atom. The zero-order valence-electron chi connectivity index (χ0n) is 9.68. The molecule has 0 aromatic heterocycles. The smallest absolute Gasteiger partial charge is 0.324 e. The molecule has 0 aliphatic rings. The third-order valence-corrected chi connectivity index (χ3v) is 3.25. The van der Waals surface area contributed by atoms with Crippen LogP contribution in [0.2, 0.25) is 5.02 Å². The van der Waals surface area contributed by atoms with Gasteiger partial charge < -0.3 is 5.73 Å². The molecular weight excluding hydrogens is 251 g/mol. The average Bonchev–Trinajstić information content (AvgIpc) is 2.25. The molecule has 0 radical (unpaired) electrons. The lowest BCUT2D eigenvalue weighted by atomic mass is 9.93. The zero-order valence-corrected chi connectivity index (χ0v) is 10.4. The summed E-state index contributed by atoms with van der Waals surface area (Å²) in [6, 6.07) is 3.40. The van der Waals surface area contributed by atoms with Gasteiger partial charge >= 0.3 is 6.18 Å². The van der Waals surface area contributed by atoms with Crippen molar-refractivity contribution >= 4 is 11.6 Å². The van der Waals surface area contributed by atoms with Gasteiger partial charge in [-0.15, -0.1) is 0 Å². The standard InChI is InChI=1S/C12H15ClF3N/c1-3-7(2)11(17)8-4-5-9(10(13)6-8)12(14,15)16/h4-7,11H,3,17H2,1-2H3/t7?,11-/m1/s1. The molecule has 96 valence electrons. The van der Waals surface area contributed by atoms with E-state index in [1.54, 1.807) is 0 Å². The Balaban J connectivity index is 3.05. The monoisotopic (exact) mass is 265 g/mol. The molecule has 1 aromatic rings. The molecule has 5 heteroatoms. The molecule has 0 saturated carbocycles. The Morgan fingerprint density at radius 1 is 1.35 bits per heavy atom. The number of benzene rings is 1. The van der Waals surface area contributed by atoms with Crippen LogP contribution in [0.4, 0.5) is 13.2 Å². The van der Waals surface area contributed by atoms with Gasteiger partial charge in [-0.1, -0.05) is 37.9 Å². The van der Waals surface area contributed by atoms with Gasteiger partial charge in [-0.3, -0.25) is 0 Å². The van der Waals surface area contributed by atoms with E-state index in [1.165, 1.54) is 12.1 Å². The lowest BCUT2D eigenvalue weighted by Crippen LogP contribution is -2.19. The molecule has 0 bridgehead atoms. The van der Waals surface area contributed by atoms with Crippen LogP contribution in [0.25, 0.3) is 0 Å². The fourth-order valence-corrected chi connectivity index (χ4v) is 1.85. The van der Waals surface area contributed by atoms with Crippen LogP contribution in [0.15, 0.2) is 18.2 Å². The Bertz CT molecular complexity index is 390. The van der Waals surface area contributed by atoms with Crippen molar-refractivity contribution in [2.75, 3.05) is 0 Å².